The number of rotatable bonds is 4. The lowest BCUT2D eigenvalue weighted by Gasteiger charge is -2.35. The molecule has 1 aliphatic carbocycles. The average Bonchev–Trinajstić information content (AvgIpc) is 3.25. The molecule has 4 N–H and O–H groups in total. The third-order valence-corrected chi connectivity index (χ3v) is 5.68. The smallest absolute Gasteiger partial charge is 0.291 e. The van der Waals surface area contributed by atoms with Crippen molar-refractivity contribution in [2.75, 3.05) is 5.32 Å². The highest BCUT2D eigenvalue weighted by molar-refractivity contribution is 7.80. The maximum absolute atomic E-state index is 12.3. The average molecular weight is 415 g/mol. The first-order chi connectivity index (χ1) is 13.9. The van der Waals surface area contributed by atoms with Gasteiger partial charge in [0.2, 0.25) is 0 Å². The molecule has 0 aliphatic heterocycles. The van der Waals surface area contributed by atoms with Crippen LogP contribution in [-0.2, 0) is 0 Å². The highest BCUT2D eigenvalue weighted by Crippen LogP contribution is 2.29. The van der Waals surface area contributed by atoms with E-state index in [1.807, 2.05) is 0 Å². The van der Waals surface area contributed by atoms with Gasteiger partial charge in [-0.2, -0.15) is 0 Å². The number of nitrogens with one attached hydrogen (secondary N) is 4. The van der Waals surface area contributed by atoms with Crippen LogP contribution in [0.15, 0.2) is 47.1 Å². The molecule has 1 aliphatic rings. The zero-order valence-electron chi connectivity index (χ0n) is 16.5. The number of benzene rings is 1. The van der Waals surface area contributed by atoms with Gasteiger partial charge in [-0.15, -0.1) is 0 Å². The number of carbonyl (C=O) groups excluding carboxylic acids is 2. The van der Waals surface area contributed by atoms with Gasteiger partial charge in [-0.05, 0) is 66.9 Å². The van der Waals surface area contributed by atoms with Crippen molar-refractivity contribution < 1.29 is 14.0 Å². The van der Waals surface area contributed by atoms with E-state index >= 15 is 0 Å². The Morgan fingerprint density at radius 2 is 1.79 bits per heavy atom. The maximum atomic E-state index is 12.3. The first-order valence-electron chi connectivity index (χ1n) is 9.76. The molecule has 1 aromatic heterocycles. The van der Waals surface area contributed by atoms with Crippen molar-refractivity contribution in [1.29, 1.82) is 0 Å². The normalized spacial score (nSPS) is 21.1. The predicted octanol–water partition coefficient (Wildman–Crippen LogP) is 3.47. The van der Waals surface area contributed by atoms with Crippen molar-refractivity contribution in [1.82, 2.24) is 16.2 Å². The highest BCUT2D eigenvalue weighted by Gasteiger charge is 2.27. The van der Waals surface area contributed by atoms with Crippen LogP contribution in [0, 0.1) is 11.8 Å². The van der Waals surface area contributed by atoms with E-state index in [-0.39, 0.29) is 17.6 Å². The highest BCUT2D eigenvalue weighted by atomic mass is 32.1. The first kappa shape index (κ1) is 20.9. The molecule has 0 radical (unpaired) electrons. The van der Waals surface area contributed by atoms with Crippen LogP contribution in [0.5, 0.6) is 0 Å². The molecule has 0 saturated heterocycles. The van der Waals surface area contributed by atoms with Crippen molar-refractivity contribution in [3.63, 3.8) is 0 Å². The number of carbonyl (C=O) groups is 2. The number of thiocarbonyl (C=S) groups is 1. The second-order valence-electron chi connectivity index (χ2n) is 7.44. The topological polar surface area (TPSA) is 95.4 Å². The van der Waals surface area contributed by atoms with Crippen LogP contribution >= 0.6 is 12.2 Å². The van der Waals surface area contributed by atoms with Crippen molar-refractivity contribution in [2.24, 2.45) is 11.8 Å². The molecule has 1 aromatic carbocycles. The van der Waals surface area contributed by atoms with Crippen LogP contribution in [0.25, 0.3) is 0 Å². The van der Waals surface area contributed by atoms with Gasteiger partial charge in [0.25, 0.3) is 11.8 Å². The molecular formula is C21H26N4O3S. The molecule has 0 bridgehead atoms. The molecule has 29 heavy (non-hydrogen) atoms. The fourth-order valence-electron chi connectivity index (χ4n) is 3.48. The van der Waals surface area contributed by atoms with Gasteiger partial charge < -0.3 is 15.1 Å². The summed E-state index contributed by atoms with van der Waals surface area (Å²) in [5.41, 5.74) is 6.37. The van der Waals surface area contributed by atoms with Crippen LogP contribution < -0.4 is 21.5 Å². The molecular weight excluding hydrogens is 388 g/mol. The lowest BCUT2D eigenvalue weighted by atomic mass is 9.78. The second kappa shape index (κ2) is 9.56. The first-order valence-corrected chi connectivity index (χ1v) is 10.2. The quantitative estimate of drug-likeness (QED) is 0.452. The van der Waals surface area contributed by atoms with Crippen LogP contribution in [0.4, 0.5) is 5.69 Å². The molecule has 8 heteroatoms. The van der Waals surface area contributed by atoms with Crippen LogP contribution in [0.2, 0.25) is 0 Å². The van der Waals surface area contributed by atoms with E-state index in [2.05, 4.69) is 35.3 Å². The number of hydrogen-bond acceptors (Lipinski definition) is 4. The zero-order valence-corrected chi connectivity index (χ0v) is 17.3. The monoisotopic (exact) mass is 414 g/mol. The van der Waals surface area contributed by atoms with E-state index in [1.165, 1.54) is 19.1 Å². The summed E-state index contributed by atoms with van der Waals surface area (Å²) < 4.78 is 5.05. The van der Waals surface area contributed by atoms with Gasteiger partial charge in [-0.1, -0.05) is 26.7 Å². The summed E-state index contributed by atoms with van der Waals surface area (Å²) in [5, 5.41) is 6.41. The molecule has 3 rings (SSSR count). The molecule has 1 heterocycles. The second-order valence-corrected chi connectivity index (χ2v) is 7.84. The molecule has 2 aromatic rings. The Morgan fingerprint density at radius 3 is 2.48 bits per heavy atom. The molecule has 2 amide bonds. The Balaban J connectivity index is 1.46. The van der Waals surface area contributed by atoms with Crippen molar-refractivity contribution in [3.05, 3.63) is 54.0 Å². The number of hydrazine groups is 1. The number of anilines is 1. The van der Waals surface area contributed by atoms with Gasteiger partial charge in [0.05, 0.1) is 6.26 Å². The summed E-state index contributed by atoms with van der Waals surface area (Å²) in [4.78, 5) is 24.3. The Morgan fingerprint density at radius 1 is 1.03 bits per heavy atom. The SMILES string of the molecule is C[C@@H]1[C@H](C)CCC[C@H]1NC(=S)NNC(=O)c1ccc(NC(=O)c2ccco2)cc1. The summed E-state index contributed by atoms with van der Waals surface area (Å²) in [6, 6.07) is 10.1. The number of hydrogen-bond donors (Lipinski definition) is 4. The lowest BCUT2D eigenvalue weighted by Crippen LogP contribution is -2.52. The Labute approximate surface area is 175 Å². The van der Waals surface area contributed by atoms with E-state index in [1.54, 1.807) is 36.4 Å². The number of amides is 2. The van der Waals surface area contributed by atoms with Crippen LogP contribution in [0.3, 0.4) is 0 Å². The van der Waals surface area contributed by atoms with E-state index in [0.29, 0.717) is 34.2 Å². The molecule has 3 atom stereocenters. The fourth-order valence-corrected chi connectivity index (χ4v) is 3.68. The summed E-state index contributed by atoms with van der Waals surface area (Å²) in [5.74, 6) is 0.743. The van der Waals surface area contributed by atoms with Gasteiger partial charge in [0, 0.05) is 17.3 Å². The van der Waals surface area contributed by atoms with Crippen molar-refractivity contribution in [3.8, 4) is 0 Å². The molecule has 154 valence electrons. The van der Waals surface area contributed by atoms with Crippen LogP contribution in [0.1, 0.15) is 54.0 Å². The van der Waals surface area contributed by atoms with Crippen molar-refractivity contribution in [2.45, 2.75) is 39.2 Å². The third kappa shape index (κ3) is 5.57. The maximum Gasteiger partial charge on any atom is 0.291 e. The van der Waals surface area contributed by atoms with Crippen molar-refractivity contribution >= 4 is 34.8 Å². The van der Waals surface area contributed by atoms with E-state index < -0.39 is 0 Å². The summed E-state index contributed by atoms with van der Waals surface area (Å²) in [6.07, 6.45) is 4.94. The van der Waals surface area contributed by atoms with Gasteiger partial charge in [-0.25, -0.2) is 0 Å². The molecule has 0 spiro atoms. The summed E-state index contributed by atoms with van der Waals surface area (Å²) in [6.45, 7) is 4.49. The molecule has 1 saturated carbocycles. The Kier molecular flexibility index (Phi) is 6.87. The van der Waals surface area contributed by atoms with Gasteiger partial charge >= 0.3 is 0 Å². The summed E-state index contributed by atoms with van der Waals surface area (Å²) >= 11 is 5.31. The van der Waals surface area contributed by atoms with Crippen LogP contribution in [-0.4, -0.2) is 23.0 Å². The summed E-state index contributed by atoms with van der Waals surface area (Å²) in [7, 11) is 0. The fraction of sp³-hybridized carbons (Fsp3) is 0.381. The third-order valence-electron chi connectivity index (χ3n) is 5.46. The molecule has 7 nitrogen and oxygen atoms in total. The standard InChI is InChI=1S/C21H26N4O3S/c1-13-5-3-6-17(14(13)2)23-21(29)25-24-19(26)15-8-10-16(11-9-15)22-20(27)18-7-4-12-28-18/h4,7-14,17H,3,5-6H2,1-2H3,(H,22,27)(H,24,26)(H2,23,25,29)/t13-,14-,17-/m1/s1. The van der Waals surface area contributed by atoms with E-state index in [9.17, 15) is 9.59 Å². The minimum absolute atomic E-state index is 0.221. The van der Waals surface area contributed by atoms with E-state index in [0.717, 1.165) is 6.42 Å². The minimum atomic E-state index is -0.350. The van der Waals surface area contributed by atoms with Gasteiger partial charge in [0.15, 0.2) is 10.9 Å². The molecule has 1 fully saturated rings. The Bertz CT molecular complexity index is 851. The number of furan rings is 1. The van der Waals surface area contributed by atoms with Gasteiger partial charge in [-0.3, -0.25) is 20.4 Å². The lowest BCUT2D eigenvalue weighted by molar-refractivity contribution is 0.0942. The minimum Gasteiger partial charge on any atom is -0.459 e. The predicted molar refractivity (Wildman–Crippen MR) is 115 cm³/mol. The Hall–Kier alpha value is -2.87. The largest absolute Gasteiger partial charge is 0.459 e. The zero-order chi connectivity index (χ0) is 20.8. The van der Waals surface area contributed by atoms with E-state index in [4.69, 9.17) is 16.6 Å². The van der Waals surface area contributed by atoms with Gasteiger partial charge in [0.1, 0.15) is 0 Å². The molecule has 0 unspecified atom stereocenters.